The molecule has 0 aromatic heterocycles. The van der Waals surface area contributed by atoms with Gasteiger partial charge in [-0.2, -0.15) is 0 Å². The monoisotopic (exact) mass is 303 g/mol. The first-order valence-electron chi connectivity index (χ1n) is 9.12. The summed E-state index contributed by atoms with van der Waals surface area (Å²) >= 11 is 0. The molecule has 6 atom stereocenters. The van der Waals surface area contributed by atoms with Crippen LogP contribution in [0, 0.1) is 28.6 Å². The van der Waals surface area contributed by atoms with Crippen LogP contribution in [0.25, 0.3) is 0 Å². The smallest absolute Gasteiger partial charge is 0.243 e. The summed E-state index contributed by atoms with van der Waals surface area (Å²) in [5, 5.41) is 13.5. The molecule has 3 nitrogen and oxygen atoms in total. The van der Waals surface area contributed by atoms with Crippen LogP contribution in [0.2, 0.25) is 0 Å². The minimum absolute atomic E-state index is 0.0967. The van der Waals surface area contributed by atoms with Crippen molar-refractivity contribution in [2.75, 3.05) is 6.54 Å². The highest BCUT2D eigenvalue weighted by Crippen LogP contribution is 2.64. The molecule has 3 saturated carbocycles. The van der Waals surface area contributed by atoms with Gasteiger partial charge >= 0.3 is 0 Å². The van der Waals surface area contributed by atoms with Gasteiger partial charge in [-0.15, -0.1) is 0 Å². The van der Waals surface area contributed by atoms with E-state index >= 15 is 0 Å². The van der Waals surface area contributed by atoms with Crippen LogP contribution in [0.1, 0.15) is 58.8 Å². The van der Waals surface area contributed by atoms with Crippen molar-refractivity contribution in [3.8, 4) is 0 Å². The molecule has 3 fully saturated rings. The third-order valence-corrected chi connectivity index (χ3v) is 7.93. The molecule has 0 aromatic rings. The number of carbonyl (C=O) groups excluding carboxylic acids is 1. The minimum atomic E-state index is -0.0967. The van der Waals surface area contributed by atoms with Gasteiger partial charge in [0.1, 0.15) is 0 Å². The normalized spacial score (nSPS) is 51.0. The Morgan fingerprint density at radius 2 is 1.95 bits per heavy atom. The van der Waals surface area contributed by atoms with E-state index in [1.165, 1.54) is 24.8 Å². The van der Waals surface area contributed by atoms with E-state index in [1.54, 1.807) is 0 Å². The molecule has 4 rings (SSSR count). The third-order valence-electron chi connectivity index (χ3n) is 7.93. The van der Waals surface area contributed by atoms with Gasteiger partial charge in [-0.05, 0) is 73.5 Å². The van der Waals surface area contributed by atoms with Gasteiger partial charge in [0.15, 0.2) is 0 Å². The molecule has 0 radical (unpaired) electrons. The summed E-state index contributed by atoms with van der Waals surface area (Å²) in [5.41, 5.74) is 1.74. The second-order valence-corrected chi connectivity index (χ2v) is 8.68. The summed E-state index contributed by atoms with van der Waals surface area (Å²) in [7, 11) is 0. The van der Waals surface area contributed by atoms with E-state index in [4.69, 9.17) is 0 Å². The summed E-state index contributed by atoms with van der Waals surface area (Å²) < 4.78 is 0. The molecule has 3 heteroatoms. The maximum atomic E-state index is 11.9. The Bertz CT molecular complexity index is 528. The fourth-order valence-corrected chi connectivity index (χ4v) is 6.54. The fraction of sp³-hybridized carbons (Fsp3) is 0.842. The van der Waals surface area contributed by atoms with Gasteiger partial charge < -0.3 is 10.4 Å². The molecular formula is C19H29NO2. The van der Waals surface area contributed by atoms with E-state index < -0.39 is 0 Å². The lowest BCUT2D eigenvalue weighted by molar-refractivity contribution is -0.116. The molecule has 22 heavy (non-hydrogen) atoms. The molecule has 1 heterocycles. The second-order valence-electron chi connectivity index (χ2n) is 8.68. The average Bonchev–Trinajstić information content (AvgIpc) is 2.68. The maximum absolute atomic E-state index is 11.9. The van der Waals surface area contributed by atoms with Gasteiger partial charge in [-0.25, -0.2) is 0 Å². The van der Waals surface area contributed by atoms with E-state index in [1.807, 2.05) is 6.08 Å². The van der Waals surface area contributed by atoms with Crippen molar-refractivity contribution in [1.29, 1.82) is 0 Å². The maximum Gasteiger partial charge on any atom is 0.243 e. The summed E-state index contributed by atoms with van der Waals surface area (Å²) in [6.07, 6.45) is 9.74. The first-order valence-corrected chi connectivity index (χ1v) is 9.12. The molecule has 3 aliphatic carbocycles. The molecule has 0 unspecified atom stereocenters. The first-order chi connectivity index (χ1) is 10.4. The number of carbonyl (C=O) groups is 1. The van der Waals surface area contributed by atoms with Crippen LogP contribution < -0.4 is 5.32 Å². The number of aliphatic hydroxyl groups is 1. The van der Waals surface area contributed by atoms with Crippen molar-refractivity contribution in [3.63, 3.8) is 0 Å². The number of fused-ring (bicyclic) bond motifs is 5. The zero-order valence-electron chi connectivity index (χ0n) is 13.9. The SMILES string of the molecule is C[C@@]12CC[C@@H]3[C@H](CCC4=CC(=O)NCC[C@]43C)[C@@H]1CC[C@@H]2O. The summed E-state index contributed by atoms with van der Waals surface area (Å²) in [4.78, 5) is 11.9. The average molecular weight is 303 g/mol. The molecule has 122 valence electrons. The number of rotatable bonds is 0. The molecule has 0 spiro atoms. The Hall–Kier alpha value is -0.830. The summed E-state index contributed by atoms with van der Waals surface area (Å²) in [6, 6.07) is 0. The second kappa shape index (κ2) is 4.83. The lowest BCUT2D eigenvalue weighted by atomic mass is 9.48. The van der Waals surface area contributed by atoms with Crippen molar-refractivity contribution >= 4 is 5.91 Å². The highest BCUT2D eigenvalue weighted by atomic mass is 16.3. The highest BCUT2D eigenvalue weighted by molar-refractivity contribution is 5.88. The van der Waals surface area contributed by atoms with Gasteiger partial charge in [0.05, 0.1) is 6.10 Å². The number of nitrogens with one attached hydrogen (secondary N) is 1. The van der Waals surface area contributed by atoms with Gasteiger partial charge in [0, 0.05) is 12.6 Å². The van der Waals surface area contributed by atoms with Crippen LogP contribution in [-0.4, -0.2) is 23.7 Å². The van der Waals surface area contributed by atoms with Crippen molar-refractivity contribution in [2.24, 2.45) is 28.6 Å². The topological polar surface area (TPSA) is 49.3 Å². The number of amides is 1. The minimum Gasteiger partial charge on any atom is -0.393 e. The predicted molar refractivity (Wildman–Crippen MR) is 86.1 cm³/mol. The van der Waals surface area contributed by atoms with Crippen molar-refractivity contribution < 1.29 is 9.90 Å². The molecule has 1 amide bonds. The summed E-state index contributed by atoms with van der Waals surface area (Å²) in [6.45, 7) is 5.55. The molecule has 0 aromatic carbocycles. The standard InChI is InChI=1S/C19H29NO2/c1-18-9-10-20-17(22)11-12(18)3-4-13-14-5-6-16(21)19(14,2)8-7-15(13)18/h11,13-16,21H,3-10H2,1-2H3,(H,20,22)/t13-,14+,15-,16+,18-,19-/m1/s1. The highest BCUT2D eigenvalue weighted by Gasteiger charge is 2.58. The van der Waals surface area contributed by atoms with Gasteiger partial charge in [-0.1, -0.05) is 19.4 Å². The largest absolute Gasteiger partial charge is 0.393 e. The summed E-state index contributed by atoms with van der Waals surface area (Å²) in [5.74, 6) is 2.23. The third kappa shape index (κ3) is 1.87. The number of hydrogen-bond donors (Lipinski definition) is 2. The molecular weight excluding hydrogens is 274 g/mol. The number of hydrogen-bond acceptors (Lipinski definition) is 2. The molecule has 4 aliphatic rings. The lowest BCUT2D eigenvalue weighted by Gasteiger charge is -2.56. The number of allylic oxidation sites excluding steroid dienone is 1. The Morgan fingerprint density at radius 3 is 2.77 bits per heavy atom. The van der Waals surface area contributed by atoms with E-state index in [9.17, 15) is 9.90 Å². The molecule has 0 saturated heterocycles. The zero-order valence-corrected chi connectivity index (χ0v) is 13.9. The predicted octanol–water partition coefficient (Wildman–Crippen LogP) is 3.04. The van der Waals surface area contributed by atoms with Crippen molar-refractivity contribution in [1.82, 2.24) is 5.32 Å². The van der Waals surface area contributed by atoms with Gasteiger partial charge in [0.25, 0.3) is 0 Å². The van der Waals surface area contributed by atoms with Crippen LogP contribution in [-0.2, 0) is 4.79 Å². The fourth-order valence-electron chi connectivity index (χ4n) is 6.54. The van der Waals surface area contributed by atoms with E-state index in [0.717, 1.165) is 38.1 Å². The van der Waals surface area contributed by atoms with E-state index in [0.29, 0.717) is 11.8 Å². The van der Waals surface area contributed by atoms with Crippen molar-refractivity contribution in [3.05, 3.63) is 11.6 Å². The van der Waals surface area contributed by atoms with Crippen LogP contribution in [0.5, 0.6) is 0 Å². The Labute approximate surface area is 133 Å². The van der Waals surface area contributed by atoms with E-state index in [-0.39, 0.29) is 22.8 Å². The molecule has 2 N–H and O–H groups in total. The van der Waals surface area contributed by atoms with E-state index in [2.05, 4.69) is 19.2 Å². The molecule has 1 aliphatic heterocycles. The van der Waals surface area contributed by atoms with Crippen LogP contribution in [0.15, 0.2) is 11.6 Å². The Balaban J connectivity index is 1.69. The lowest BCUT2D eigenvalue weighted by Crippen LogP contribution is -2.50. The van der Waals surface area contributed by atoms with Crippen LogP contribution >= 0.6 is 0 Å². The molecule has 0 bridgehead atoms. The van der Waals surface area contributed by atoms with Crippen molar-refractivity contribution in [2.45, 2.75) is 64.9 Å². The van der Waals surface area contributed by atoms with Crippen LogP contribution in [0.3, 0.4) is 0 Å². The van der Waals surface area contributed by atoms with Gasteiger partial charge in [-0.3, -0.25) is 4.79 Å². The first kappa shape index (κ1) is 14.7. The van der Waals surface area contributed by atoms with Crippen LogP contribution in [0.4, 0.5) is 0 Å². The zero-order chi connectivity index (χ0) is 15.5. The Morgan fingerprint density at radius 1 is 1.14 bits per heavy atom. The Kier molecular flexibility index (Phi) is 3.24. The van der Waals surface area contributed by atoms with Gasteiger partial charge in [0.2, 0.25) is 5.91 Å². The number of aliphatic hydroxyl groups excluding tert-OH is 1. The quantitative estimate of drug-likeness (QED) is 0.722.